The first-order valence-electron chi connectivity index (χ1n) is 9.70. The van der Waals surface area contributed by atoms with Crippen molar-refractivity contribution in [2.75, 3.05) is 24.7 Å². The summed E-state index contributed by atoms with van der Waals surface area (Å²) in [5, 5.41) is 16.4. The Labute approximate surface area is 164 Å². The van der Waals surface area contributed by atoms with Gasteiger partial charge in [-0.3, -0.25) is 14.4 Å². The van der Waals surface area contributed by atoms with Crippen LogP contribution in [0.25, 0.3) is 0 Å². The van der Waals surface area contributed by atoms with Crippen LogP contribution in [0, 0.1) is 5.92 Å². The van der Waals surface area contributed by atoms with E-state index < -0.39 is 10.9 Å². The zero-order valence-electron chi connectivity index (χ0n) is 16.5. The normalized spacial score (nSPS) is 15.5. The number of benzene rings is 1. The maximum Gasteiger partial charge on any atom is 0.257 e. The molecule has 7 heteroatoms. The van der Waals surface area contributed by atoms with Crippen molar-refractivity contribution < 1.29 is 9.90 Å². The number of nitrogens with one attached hydrogen (secondary N) is 2. The number of phenols is 1. The molecule has 0 radical (unpaired) electrons. The minimum absolute atomic E-state index is 0.0715. The molecule has 0 aromatic heterocycles. The lowest BCUT2D eigenvalue weighted by Crippen LogP contribution is -2.38. The summed E-state index contributed by atoms with van der Waals surface area (Å²) in [5.74, 6) is 0.0528. The molecule has 150 valence electrons. The highest BCUT2D eigenvalue weighted by Crippen LogP contribution is 2.33. The van der Waals surface area contributed by atoms with Crippen molar-refractivity contribution in [1.82, 2.24) is 4.90 Å². The van der Waals surface area contributed by atoms with Crippen LogP contribution in [0.2, 0.25) is 0 Å². The van der Waals surface area contributed by atoms with Gasteiger partial charge in [0, 0.05) is 20.1 Å². The molecule has 3 rings (SSSR count). The number of phenolic OH excluding ortho intramolecular Hbond substituents is 1. The van der Waals surface area contributed by atoms with Crippen molar-refractivity contribution in [3.8, 4) is 5.75 Å². The van der Waals surface area contributed by atoms with Crippen molar-refractivity contribution >= 4 is 23.0 Å². The van der Waals surface area contributed by atoms with E-state index in [9.17, 15) is 19.5 Å². The molecule has 0 heterocycles. The van der Waals surface area contributed by atoms with Crippen molar-refractivity contribution in [3.63, 3.8) is 0 Å². The van der Waals surface area contributed by atoms with E-state index in [2.05, 4.69) is 10.6 Å². The topological polar surface area (TPSA) is 98.7 Å². The Morgan fingerprint density at radius 3 is 2.46 bits per heavy atom. The zero-order chi connectivity index (χ0) is 20.4. The van der Waals surface area contributed by atoms with Crippen LogP contribution in [0.4, 0.5) is 17.1 Å². The molecule has 1 fully saturated rings. The number of carbonyl (C=O) groups is 1. The monoisotopic (exact) mass is 385 g/mol. The van der Waals surface area contributed by atoms with Gasteiger partial charge in [0.25, 0.3) is 16.8 Å². The predicted octanol–water partition coefficient (Wildman–Crippen LogP) is 2.81. The minimum Gasteiger partial charge on any atom is -0.505 e. The van der Waals surface area contributed by atoms with Gasteiger partial charge >= 0.3 is 0 Å². The first-order chi connectivity index (χ1) is 13.3. The standard InChI is InChI=1S/C21H27N3O4/c1-12(11-13-7-4-5-8-13)22-16-17(20(27)19(16)26)23-15-10-6-9-14(18(15)25)21(28)24(2)3/h6,9-10,12-13,22-23,25H,4-5,7-8,11H2,1-3H3/t12-/m0/s1. The van der Waals surface area contributed by atoms with Crippen LogP contribution in [-0.2, 0) is 0 Å². The van der Waals surface area contributed by atoms with Crippen LogP contribution in [0.5, 0.6) is 5.75 Å². The number of para-hydroxylation sites is 1. The van der Waals surface area contributed by atoms with E-state index in [1.807, 2.05) is 6.92 Å². The highest BCUT2D eigenvalue weighted by molar-refractivity contribution is 5.99. The fraction of sp³-hybridized carbons (Fsp3) is 0.476. The summed E-state index contributed by atoms with van der Waals surface area (Å²) in [6.07, 6.45) is 5.89. The van der Waals surface area contributed by atoms with Gasteiger partial charge in [0.05, 0.1) is 11.3 Å². The van der Waals surface area contributed by atoms with Gasteiger partial charge in [0.15, 0.2) is 5.75 Å². The van der Waals surface area contributed by atoms with E-state index >= 15 is 0 Å². The van der Waals surface area contributed by atoms with E-state index in [4.69, 9.17) is 0 Å². The lowest BCUT2D eigenvalue weighted by atomic mass is 9.99. The summed E-state index contributed by atoms with van der Waals surface area (Å²) >= 11 is 0. The van der Waals surface area contributed by atoms with Crippen LogP contribution < -0.4 is 21.5 Å². The van der Waals surface area contributed by atoms with Crippen LogP contribution in [-0.4, -0.2) is 36.1 Å². The number of nitrogens with zero attached hydrogens (tertiary/aromatic N) is 1. The summed E-state index contributed by atoms with van der Waals surface area (Å²) in [6.45, 7) is 2.01. The molecule has 2 aromatic carbocycles. The first-order valence-corrected chi connectivity index (χ1v) is 9.70. The Morgan fingerprint density at radius 2 is 1.82 bits per heavy atom. The first kappa shape index (κ1) is 19.9. The zero-order valence-corrected chi connectivity index (χ0v) is 16.5. The molecule has 3 N–H and O–H groups in total. The molecule has 1 saturated carbocycles. The molecule has 0 aliphatic heterocycles. The van der Waals surface area contributed by atoms with Crippen molar-refractivity contribution in [2.45, 2.75) is 45.1 Å². The third-order valence-corrected chi connectivity index (χ3v) is 5.40. The summed E-state index contributed by atoms with van der Waals surface area (Å²) in [7, 11) is 3.18. The molecular formula is C21H27N3O4. The SMILES string of the molecule is C[C@@H](CC1CCCC1)Nc1c(Nc2cccc(C(=O)N(C)C)c2O)c(=O)c1=O. The molecule has 0 bridgehead atoms. The number of amides is 1. The third-order valence-electron chi connectivity index (χ3n) is 5.40. The van der Waals surface area contributed by atoms with Crippen LogP contribution in [0.15, 0.2) is 27.8 Å². The quantitative estimate of drug-likeness (QED) is 0.501. The molecule has 1 amide bonds. The minimum atomic E-state index is -0.626. The Hall–Kier alpha value is -2.83. The second kappa shape index (κ2) is 8.04. The Kier molecular flexibility index (Phi) is 5.72. The summed E-state index contributed by atoms with van der Waals surface area (Å²) in [6, 6.07) is 4.75. The highest BCUT2D eigenvalue weighted by atomic mass is 16.3. The van der Waals surface area contributed by atoms with Crippen LogP contribution in [0.1, 0.15) is 49.4 Å². The van der Waals surface area contributed by atoms with E-state index in [-0.39, 0.29) is 40.3 Å². The molecule has 2 aromatic rings. The van der Waals surface area contributed by atoms with Gasteiger partial charge in [-0.05, 0) is 31.4 Å². The van der Waals surface area contributed by atoms with E-state index in [0.29, 0.717) is 5.92 Å². The second-order valence-electron chi connectivity index (χ2n) is 7.87. The Morgan fingerprint density at radius 1 is 1.18 bits per heavy atom. The fourth-order valence-electron chi connectivity index (χ4n) is 3.89. The molecule has 1 aliphatic carbocycles. The summed E-state index contributed by atoms with van der Waals surface area (Å²) in [5.41, 5.74) is -0.462. The molecule has 1 aliphatic rings. The maximum atomic E-state index is 12.2. The van der Waals surface area contributed by atoms with E-state index in [0.717, 1.165) is 6.42 Å². The average Bonchev–Trinajstić information content (AvgIpc) is 3.17. The van der Waals surface area contributed by atoms with Crippen molar-refractivity contribution in [2.24, 2.45) is 5.92 Å². The fourth-order valence-corrected chi connectivity index (χ4v) is 3.89. The number of hydrogen-bond acceptors (Lipinski definition) is 6. The Balaban J connectivity index is 1.78. The van der Waals surface area contributed by atoms with Gasteiger partial charge in [-0.15, -0.1) is 0 Å². The molecule has 0 spiro atoms. The Bertz CT molecular complexity index is 938. The molecule has 0 unspecified atom stereocenters. The number of hydrogen-bond donors (Lipinski definition) is 3. The van der Waals surface area contributed by atoms with E-state index in [1.165, 1.54) is 36.6 Å². The maximum absolute atomic E-state index is 12.2. The lowest BCUT2D eigenvalue weighted by molar-refractivity contribution is 0.0824. The summed E-state index contributed by atoms with van der Waals surface area (Å²) < 4.78 is 0. The summed E-state index contributed by atoms with van der Waals surface area (Å²) in [4.78, 5) is 37.7. The molecule has 0 saturated heterocycles. The van der Waals surface area contributed by atoms with Gasteiger partial charge in [-0.25, -0.2) is 0 Å². The lowest BCUT2D eigenvalue weighted by Gasteiger charge is -2.22. The van der Waals surface area contributed by atoms with Gasteiger partial charge in [0.2, 0.25) is 0 Å². The number of anilines is 3. The molecule has 7 nitrogen and oxygen atoms in total. The van der Waals surface area contributed by atoms with Crippen LogP contribution >= 0.6 is 0 Å². The van der Waals surface area contributed by atoms with E-state index in [1.54, 1.807) is 26.2 Å². The van der Waals surface area contributed by atoms with Crippen molar-refractivity contribution in [3.05, 3.63) is 44.2 Å². The highest BCUT2D eigenvalue weighted by Gasteiger charge is 2.25. The third kappa shape index (κ3) is 3.88. The average molecular weight is 385 g/mol. The predicted molar refractivity (Wildman–Crippen MR) is 110 cm³/mol. The number of aromatic hydroxyl groups is 1. The van der Waals surface area contributed by atoms with Crippen LogP contribution in [0.3, 0.4) is 0 Å². The van der Waals surface area contributed by atoms with Gasteiger partial charge in [-0.2, -0.15) is 0 Å². The van der Waals surface area contributed by atoms with Crippen molar-refractivity contribution in [1.29, 1.82) is 0 Å². The smallest absolute Gasteiger partial charge is 0.257 e. The number of carbonyl (C=O) groups excluding carboxylic acids is 1. The second-order valence-corrected chi connectivity index (χ2v) is 7.87. The van der Waals surface area contributed by atoms with Gasteiger partial charge in [0.1, 0.15) is 11.4 Å². The largest absolute Gasteiger partial charge is 0.505 e. The molecule has 1 atom stereocenters. The molecule has 28 heavy (non-hydrogen) atoms. The van der Waals surface area contributed by atoms with Gasteiger partial charge in [-0.1, -0.05) is 31.7 Å². The number of rotatable bonds is 7. The van der Waals surface area contributed by atoms with Gasteiger partial charge < -0.3 is 20.6 Å². The molecular weight excluding hydrogens is 358 g/mol.